The maximum absolute atomic E-state index is 12.2. The Morgan fingerprint density at radius 1 is 1.19 bits per heavy atom. The first-order chi connectivity index (χ1) is 12.4. The molecule has 2 rings (SSSR count). The average Bonchev–Trinajstić information content (AvgIpc) is 2.62. The lowest BCUT2D eigenvalue weighted by molar-refractivity contribution is -0.121. The van der Waals surface area contributed by atoms with Crippen molar-refractivity contribution < 1.29 is 19.1 Å². The average molecular weight is 361 g/mol. The number of rotatable bonds is 5. The van der Waals surface area contributed by atoms with Crippen molar-refractivity contribution in [1.29, 1.82) is 0 Å². The van der Waals surface area contributed by atoms with Gasteiger partial charge >= 0.3 is 6.09 Å². The molecule has 0 unspecified atom stereocenters. The van der Waals surface area contributed by atoms with Gasteiger partial charge < -0.3 is 19.9 Å². The number of carbonyl (C=O) groups excluding carboxylic acids is 3. The SMILES string of the molecule is CCOC(=O)N1CCC(NC(=O)Cc2ccc(N(C)C(C)=O)cc2)CC1. The van der Waals surface area contributed by atoms with Crippen LogP contribution < -0.4 is 10.2 Å². The number of piperidine rings is 1. The van der Waals surface area contributed by atoms with Crippen LogP contribution in [0.4, 0.5) is 10.5 Å². The minimum absolute atomic E-state index is 0.0349. The number of amides is 3. The maximum atomic E-state index is 12.2. The molecule has 0 bridgehead atoms. The molecular weight excluding hydrogens is 334 g/mol. The molecule has 0 spiro atoms. The number of ether oxygens (including phenoxy) is 1. The summed E-state index contributed by atoms with van der Waals surface area (Å²) in [5.74, 6) is -0.0723. The number of anilines is 1. The highest BCUT2D eigenvalue weighted by molar-refractivity contribution is 5.90. The number of carbonyl (C=O) groups is 3. The monoisotopic (exact) mass is 361 g/mol. The van der Waals surface area contributed by atoms with E-state index in [9.17, 15) is 14.4 Å². The molecule has 142 valence electrons. The molecule has 1 fully saturated rings. The van der Waals surface area contributed by atoms with Crippen LogP contribution in [0.5, 0.6) is 0 Å². The lowest BCUT2D eigenvalue weighted by atomic mass is 10.0. The summed E-state index contributed by atoms with van der Waals surface area (Å²) >= 11 is 0. The van der Waals surface area contributed by atoms with E-state index in [-0.39, 0.29) is 23.9 Å². The topological polar surface area (TPSA) is 79.0 Å². The van der Waals surface area contributed by atoms with Crippen LogP contribution in [0.1, 0.15) is 32.3 Å². The lowest BCUT2D eigenvalue weighted by Crippen LogP contribution is -2.47. The van der Waals surface area contributed by atoms with Crippen molar-refractivity contribution in [2.24, 2.45) is 0 Å². The molecule has 0 atom stereocenters. The van der Waals surface area contributed by atoms with Crippen LogP contribution in [0.15, 0.2) is 24.3 Å². The molecule has 1 aromatic carbocycles. The van der Waals surface area contributed by atoms with Gasteiger partial charge in [0.2, 0.25) is 11.8 Å². The number of hydrogen-bond acceptors (Lipinski definition) is 4. The zero-order valence-corrected chi connectivity index (χ0v) is 15.7. The molecule has 7 heteroatoms. The second kappa shape index (κ2) is 9.22. The summed E-state index contributed by atoms with van der Waals surface area (Å²) in [4.78, 5) is 38.5. The molecule has 1 aliphatic heterocycles. The van der Waals surface area contributed by atoms with Gasteiger partial charge in [-0.25, -0.2) is 4.79 Å². The molecule has 26 heavy (non-hydrogen) atoms. The number of likely N-dealkylation sites (tertiary alicyclic amines) is 1. The molecule has 1 saturated heterocycles. The minimum Gasteiger partial charge on any atom is -0.450 e. The van der Waals surface area contributed by atoms with Crippen LogP contribution in [0.3, 0.4) is 0 Å². The van der Waals surface area contributed by atoms with E-state index in [1.807, 2.05) is 24.3 Å². The molecule has 1 aromatic rings. The number of nitrogens with one attached hydrogen (secondary N) is 1. The Morgan fingerprint density at radius 2 is 1.81 bits per heavy atom. The fourth-order valence-electron chi connectivity index (χ4n) is 2.90. The van der Waals surface area contributed by atoms with E-state index in [4.69, 9.17) is 4.74 Å². The van der Waals surface area contributed by atoms with Crippen molar-refractivity contribution in [2.45, 2.75) is 39.2 Å². The molecule has 0 aromatic heterocycles. The van der Waals surface area contributed by atoms with Gasteiger partial charge in [0.25, 0.3) is 0 Å². The molecule has 0 aliphatic carbocycles. The summed E-state index contributed by atoms with van der Waals surface area (Å²) < 4.78 is 4.99. The molecule has 1 aliphatic rings. The molecule has 0 saturated carbocycles. The van der Waals surface area contributed by atoms with Crippen molar-refractivity contribution in [1.82, 2.24) is 10.2 Å². The molecule has 1 N–H and O–H groups in total. The van der Waals surface area contributed by atoms with Crippen LogP contribution in [0, 0.1) is 0 Å². The van der Waals surface area contributed by atoms with E-state index in [1.54, 1.807) is 23.8 Å². The third-order valence-electron chi connectivity index (χ3n) is 4.55. The highest BCUT2D eigenvalue weighted by Gasteiger charge is 2.24. The van der Waals surface area contributed by atoms with E-state index in [0.29, 0.717) is 26.1 Å². The summed E-state index contributed by atoms with van der Waals surface area (Å²) in [5, 5.41) is 3.03. The van der Waals surface area contributed by atoms with Gasteiger partial charge in [0.1, 0.15) is 0 Å². The summed E-state index contributed by atoms with van der Waals surface area (Å²) in [6.07, 6.45) is 1.47. The quantitative estimate of drug-likeness (QED) is 0.869. The van der Waals surface area contributed by atoms with Crippen LogP contribution >= 0.6 is 0 Å². The largest absolute Gasteiger partial charge is 0.450 e. The Hall–Kier alpha value is -2.57. The second-order valence-electron chi connectivity index (χ2n) is 6.45. The van der Waals surface area contributed by atoms with Gasteiger partial charge in [0, 0.05) is 38.8 Å². The van der Waals surface area contributed by atoms with E-state index in [0.717, 1.165) is 24.1 Å². The zero-order chi connectivity index (χ0) is 19.1. The van der Waals surface area contributed by atoms with Gasteiger partial charge in [0.15, 0.2) is 0 Å². The number of hydrogen-bond donors (Lipinski definition) is 1. The molecule has 3 amide bonds. The fraction of sp³-hybridized carbons (Fsp3) is 0.526. The molecule has 7 nitrogen and oxygen atoms in total. The van der Waals surface area contributed by atoms with Gasteiger partial charge in [-0.3, -0.25) is 9.59 Å². The third-order valence-corrected chi connectivity index (χ3v) is 4.55. The Bertz CT molecular complexity index is 637. The van der Waals surface area contributed by atoms with Crippen molar-refractivity contribution in [2.75, 3.05) is 31.6 Å². The summed E-state index contributed by atoms with van der Waals surface area (Å²) in [6, 6.07) is 7.47. The van der Waals surface area contributed by atoms with Crippen molar-refractivity contribution >= 4 is 23.6 Å². The predicted octanol–water partition coefficient (Wildman–Crippen LogP) is 1.95. The van der Waals surface area contributed by atoms with Crippen LogP contribution in [-0.4, -0.2) is 55.6 Å². The minimum atomic E-state index is -0.284. The van der Waals surface area contributed by atoms with Crippen LogP contribution in [-0.2, 0) is 20.7 Å². The van der Waals surface area contributed by atoms with E-state index in [2.05, 4.69) is 5.32 Å². The summed E-state index contributed by atoms with van der Waals surface area (Å²) in [6.45, 7) is 4.85. The van der Waals surface area contributed by atoms with Crippen molar-refractivity contribution in [3.05, 3.63) is 29.8 Å². The fourth-order valence-corrected chi connectivity index (χ4v) is 2.90. The normalized spacial score (nSPS) is 14.7. The zero-order valence-electron chi connectivity index (χ0n) is 15.7. The Kier molecular flexibility index (Phi) is 7.00. The van der Waals surface area contributed by atoms with E-state index in [1.165, 1.54) is 6.92 Å². The number of benzene rings is 1. The molecular formula is C19H27N3O4. The highest BCUT2D eigenvalue weighted by atomic mass is 16.6. The predicted molar refractivity (Wildman–Crippen MR) is 99.0 cm³/mol. The first-order valence-electron chi connectivity index (χ1n) is 8.95. The standard InChI is InChI=1S/C19H27N3O4/c1-4-26-19(25)22-11-9-16(10-12-22)20-18(24)13-15-5-7-17(8-6-15)21(3)14(2)23/h5-8,16H,4,9-13H2,1-3H3,(H,20,24). The molecule has 0 radical (unpaired) electrons. The Labute approximate surface area is 154 Å². The first kappa shape index (κ1) is 19.8. The lowest BCUT2D eigenvalue weighted by Gasteiger charge is -2.31. The number of nitrogens with zero attached hydrogens (tertiary/aromatic N) is 2. The Balaban J connectivity index is 1.79. The maximum Gasteiger partial charge on any atom is 0.409 e. The van der Waals surface area contributed by atoms with E-state index < -0.39 is 0 Å². The van der Waals surface area contributed by atoms with Crippen LogP contribution in [0.25, 0.3) is 0 Å². The van der Waals surface area contributed by atoms with Gasteiger partial charge in [-0.2, -0.15) is 0 Å². The third kappa shape index (κ3) is 5.47. The summed E-state index contributed by atoms with van der Waals surface area (Å²) in [5.41, 5.74) is 1.69. The van der Waals surface area contributed by atoms with Crippen LogP contribution in [0.2, 0.25) is 0 Å². The van der Waals surface area contributed by atoms with Gasteiger partial charge in [0.05, 0.1) is 13.0 Å². The smallest absolute Gasteiger partial charge is 0.409 e. The van der Waals surface area contributed by atoms with E-state index >= 15 is 0 Å². The van der Waals surface area contributed by atoms with Gasteiger partial charge in [-0.15, -0.1) is 0 Å². The second-order valence-corrected chi connectivity index (χ2v) is 6.45. The van der Waals surface area contributed by atoms with Gasteiger partial charge in [-0.1, -0.05) is 12.1 Å². The van der Waals surface area contributed by atoms with Gasteiger partial charge in [-0.05, 0) is 37.5 Å². The van der Waals surface area contributed by atoms with Crippen molar-refractivity contribution in [3.8, 4) is 0 Å². The highest BCUT2D eigenvalue weighted by Crippen LogP contribution is 2.15. The Morgan fingerprint density at radius 3 is 2.35 bits per heavy atom. The first-order valence-corrected chi connectivity index (χ1v) is 8.95. The van der Waals surface area contributed by atoms with Crippen molar-refractivity contribution in [3.63, 3.8) is 0 Å². The summed E-state index contributed by atoms with van der Waals surface area (Å²) in [7, 11) is 1.71. The molecule has 1 heterocycles.